The van der Waals surface area contributed by atoms with Gasteiger partial charge in [-0.3, -0.25) is 4.79 Å². The molecule has 0 spiro atoms. The number of aliphatic hydroxyl groups excluding tert-OH is 1. The topological polar surface area (TPSA) is 52.6 Å². The Bertz CT molecular complexity index is 381. The van der Waals surface area contributed by atoms with Gasteiger partial charge in [-0.2, -0.15) is 0 Å². The number of hydrogen-bond acceptors (Lipinski definition) is 3. The highest BCUT2D eigenvalue weighted by Crippen LogP contribution is 2.28. The molecule has 0 aromatic heterocycles. The molecular weight excluding hydrogens is 300 g/mol. The summed E-state index contributed by atoms with van der Waals surface area (Å²) in [6.45, 7) is 2.85. The molecule has 1 atom stereocenters. The van der Waals surface area contributed by atoms with E-state index < -0.39 is 0 Å². The summed E-state index contributed by atoms with van der Waals surface area (Å²) in [6, 6.07) is 0.349. The number of carbonyl (C=O) groups excluding carboxylic acids is 1. The standard InChI is InChI=1S/C20H36N2O2/c23-19(17-8-2-1-3-9-17)15-22-12-10-18(11-13-22)21-20(24)14-16-6-4-5-7-16/h16-19,23H,1-15H2,(H,21,24). The van der Waals surface area contributed by atoms with E-state index in [-0.39, 0.29) is 12.0 Å². The number of rotatable bonds is 6. The molecule has 138 valence electrons. The van der Waals surface area contributed by atoms with Gasteiger partial charge in [-0.25, -0.2) is 0 Å². The maximum atomic E-state index is 12.2. The molecule has 2 N–H and O–H groups in total. The predicted octanol–water partition coefficient (Wildman–Crippen LogP) is 3.09. The summed E-state index contributed by atoms with van der Waals surface area (Å²) < 4.78 is 0. The molecule has 0 aromatic rings. The number of piperidine rings is 1. The number of carbonyl (C=O) groups is 1. The fourth-order valence-corrected chi connectivity index (χ4v) is 4.96. The molecule has 1 aliphatic heterocycles. The van der Waals surface area contributed by atoms with Gasteiger partial charge in [0.15, 0.2) is 0 Å². The number of likely N-dealkylation sites (tertiary alicyclic amines) is 1. The second-order valence-corrected chi connectivity index (χ2v) is 8.46. The Balaban J connectivity index is 1.32. The van der Waals surface area contributed by atoms with E-state index in [9.17, 15) is 9.90 Å². The third-order valence-electron chi connectivity index (χ3n) is 6.54. The number of β-amino-alcohol motifs (C(OH)–C–C–N with tert-alkyl or cyclic N) is 1. The Morgan fingerprint density at radius 2 is 1.58 bits per heavy atom. The van der Waals surface area contributed by atoms with Crippen molar-refractivity contribution >= 4 is 5.91 Å². The zero-order chi connectivity index (χ0) is 16.8. The monoisotopic (exact) mass is 336 g/mol. The van der Waals surface area contributed by atoms with Crippen LogP contribution in [0.15, 0.2) is 0 Å². The Labute approximate surface area is 147 Å². The van der Waals surface area contributed by atoms with E-state index in [1.165, 1.54) is 57.8 Å². The van der Waals surface area contributed by atoms with Crippen LogP contribution in [0.2, 0.25) is 0 Å². The van der Waals surface area contributed by atoms with E-state index in [2.05, 4.69) is 10.2 Å². The number of nitrogens with zero attached hydrogens (tertiary/aromatic N) is 1. The van der Waals surface area contributed by atoms with Crippen molar-refractivity contribution in [2.45, 2.75) is 89.2 Å². The van der Waals surface area contributed by atoms with Gasteiger partial charge in [0.1, 0.15) is 0 Å². The summed E-state index contributed by atoms with van der Waals surface area (Å²) >= 11 is 0. The molecule has 4 nitrogen and oxygen atoms in total. The highest BCUT2D eigenvalue weighted by atomic mass is 16.3. The number of hydrogen-bond donors (Lipinski definition) is 2. The number of amides is 1. The average Bonchev–Trinajstić information content (AvgIpc) is 3.10. The largest absolute Gasteiger partial charge is 0.392 e. The minimum absolute atomic E-state index is 0.154. The minimum atomic E-state index is -0.154. The zero-order valence-corrected chi connectivity index (χ0v) is 15.2. The maximum absolute atomic E-state index is 12.2. The second-order valence-electron chi connectivity index (χ2n) is 8.46. The third kappa shape index (κ3) is 5.45. The van der Waals surface area contributed by atoms with Crippen molar-refractivity contribution in [1.82, 2.24) is 10.2 Å². The maximum Gasteiger partial charge on any atom is 0.220 e. The quantitative estimate of drug-likeness (QED) is 0.784. The van der Waals surface area contributed by atoms with Crippen molar-refractivity contribution in [2.75, 3.05) is 19.6 Å². The molecule has 1 saturated heterocycles. The van der Waals surface area contributed by atoms with Crippen LogP contribution in [0.25, 0.3) is 0 Å². The van der Waals surface area contributed by atoms with Gasteiger partial charge >= 0.3 is 0 Å². The molecule has 24 heavy (non-hydrogen) atoms. The van der Waals surface area contributed by atoms with E-state index >= 15 is 0 Å². The normalized spacial score (nSPS) is 26.5. The molecular formula is C20H36N2O2. The van der Waals surface area contributed by atoms with Crippen LogP contribution in [0, 0.1) is 11.8 Å². The lowest BCUT2D eigenvalue weighted by Crippen LogP contribution is -2.47. The van der Waals surface area contributed by atoms with Gasteiger partial charge in [0.2, 0.25) is 5.91 Å². The van der Waals surface area contributed by atoms with Gasteiger partial charge in [-0.15, -0.1) is 0 Å². The molecule has 3 fully saturated rings. The van der Waals surface area contributed by atoms with Crippen LogP contribution in [-0.4, -0.2) is 47.7 Å². The summed E-state index contributed by atoms with van der Waals surface area (Å²) in [5.74, 6) is 1.42. The first-order chi connectivity index (χ1) is 11.7. The van der Waals surface area contributed by atoms with E-state index in [0.29, 0.717) is 17.9 Å². The molecule has 2 saturated carbocycles. The second kappa shape index (κ2) is 9.19. The summed E-state index contributed by atoms with van der Waals surface area (Å²) in [5, 5.41) is 13.7. The minimum Gasteiger partial charge on any atom is -0.392 e. The molecule has 0 bridgehead atoms. The van der Waals surface area contributed by atoms with Gasteiger partial charge in [0, 0.05) is 32.1 Å². The van der Waals surface area contributed by atoms with Gasteiger partial charge < -0.3 is 15.3 Å². The summed E-state index contributed by atoms with van der Waals surface area (Å²) in [7, 11) is 0. The molecule has 0 aromatic carbocycles. The molecule has 3 aliphatic rings. The fourth-order valence-electron chi connectivity index (χ4n) is 4.96. The van der Waals surface area contributed by atoms with E-state index in [1.807, 2.05) is 0 Å². The lowest BCUT2D eigenvalue weighted by atomic mass is 9.85. The smallest absolute Gasteiger partial charge is 0.220 e. The molecule has 1 heterocycles. The first kappa shape index (κ1) is 18.2. The van der Waals surface area contributed by atoms with Gasteiger partial charge in [-0.1, -0.05) is 32.1 Å². The van der Waals surface area contributed by atoms with Crippen LogP contribution >= 0.6 is 0 Å². The van der Waals surface area contributed by atoms with Gasteiger partial charge in [0.05, 0.1) is 6.10 Å². The fraction of sp³-hybridized carbons (Fsp3) is 0.950. The van der Waals surface area contributed by atoms with Crippen molar-refractivity contribution in [3.63, 3.8) is 0 Å². The summed E-state index contributed by atoms with van der Waals surface area (Å²) in [6.07, 6.45) is 14.1. The Morgan fingerprint density at radius 1 is 0.958 bits per heavy atom. The van der Waals surface area contributed by atoms with Crippen molar-refractivity contribution in [3.05, 3.63) is 0 Å². The summed E-state index contributed by atoms with van der Waals surface area (Å²) in [5.41, 5.74) is 0. The van der Waals surface area contributed by atoms with Crippen molar-refractivity contribution in [1.29, 1.82) is 0 Å². The Morgan fingerprint density at radius 3 is 2.25 bits per heavy atom. The van der Waals surface area contributed by atoms with E-state index in [1.54, 1.807) is 0 Å². The van der Waals surface area contributed by atoms with Crippen LogP contribution in [0.1, 0.15) is 77.0 Å². The molecule has 4 heteroatoms. The van der Waals surface area contributed by atoms with Gasteiger partial charge in [0.25, 0.3) is 0 Å². The highest BCUT2D eigenvalue weighted by molar-refractivity contribution is 5.76. The van der Waals surface area contributed by atoms with Crippen molar-refractivity contribution in [2.24, 2.45) is 11.8 Å². The first-order valence-corrected chi connectivity index (χ1v) is 10.4. The zero-order valence-electron chi connectivity index (χ0n) is 15.2. The summed E-state index contributed by atoms with van der Waals surface area (Å²) in [4.78, 5) is 14.6. The molecule has 2 aliphatic carbocycles. The average molecular weight is 337 g/mol. The van der Waals surface area contributed by atoms with Gasteiger partial charge in [-0.05, 0) is 50.4 Å². The third-order valence-corrected chi connectivity index (χ3v) is 6.54. The van der Waals surface area contributed by atoms with Crippen molar-refractivity contribution < 1.29 is 9.90 Å². The number of aliphatic hydroxyl groups is 1. The molecule has 1 amide bonds. The Kier molecular flexibility index (Phi) is 6.96. The van der Waals surface area contributed by atoms with E-state index in [4.69, 9.17) is 0 Å². The van der Waals surface area contributed by atoms with Crippen LogP contribution < -0.4 is 5.32 Å². The number of nitrogens with one attached hydrogen (secondary N) is 1. The molecule has 1 unspecified atom stereocenters. The first-order valence-electron chi connectivity index (χ1n) is 10.4. The van der Waals surface area contributed by atoms with Crippen LogP contribution in [0.5, 0.6) is 0 Å². The Hall–Kier alpha value is -0.610. The van der Waals surface area contributed by atoms with Crippen LogP contribution in [0.3, 0.4) is 0 Å². The molecule has 0 radical (unpaired) electrons. The SMILES string of the molecule is O=C(CC1CCCC1)NC1CCN(CC(O)C2CCCCC2)CC1. The van der Waals surface area contributed by atoms with Crippen LogP contribution in [0.4, 0.5) is 0 Å². The molecule has 3 rings (SSSR count). The van der Waals surface area contributed by atoms with Crippen LogP contribution in [-0.2, 0) is 4.79 Å². The van der Waals surface area contributed by atoms with E-state index in [0.717, 1.165) is 38.9 Å². The van der Waals surface area contributed by atoms with Crippen molar-refractivity contribution in [3.8, 4) is 0 Å². The highest BCUT2D eigenvalue weighted by Gasteiger charge is 2.27. The predicted molar refractivity (Wildman–Crippen MR) is 96.8 cm³/mol. The lowest BCUT2D eigenvalue weighted by molar-refractivity contribution is -0.123. The lowest BCUT2D eigenvalue weighted by Gasteiger charge is -2.36.